The van der Waals surface area contributed by atoms with Crippen LogP contribution in [-0.4, -0.2) is 29.7 Å². The van der Waals surface area contributed by atoms with Gasteiger partial charge in [0.05, 0.1) is 0 Å². The molecule has 0 radical (unpaired) electrons. The zero-order chi connectivity index (χ0) is 10.4. The van der Waals surface area contributed by atoms with E-state index in [9.17, 15) is 4.79 Å². The van der Waals surface area contributed by atoms with Crippen LogP contribution in [0.5, 0.6) is 0 Å². The Balaban J connectivity index is 2.34. The van der Waals surface area contributed by atoms with E-state index < -0.39 is 0 Å². The molecule has 0 fully saturated rings. The molecule has 0 spiro atoms. The van der Waals surface area contributed by atoms with Crippen LogP contribution in [0.4, 0.5) is 10.6 Å². The molecule has 78 valence electrons. The van der Waals surface area contributed by atoms with Crippen molar-refractivity contribution >= 4 is 11.8 Å². The summed E-state index contributed by atoms with van der Waals surface area (Å²) in [5, 5.41) is 6.20. The fraction of sp³-hybridized carbons (Fsp3) is 0.556. The summed E-state index contributed by atoms with van der Waals surface area (Å²) in [5.41, 5.74) is 0. The summed E-state index contributed by atoms with van der Waals surface area (Å²) in [6.07, 6.45) is 3.49. The van der Waals surface area contributed by atoms with Crippen molar-refractivity contribution in [3.63, 3.8) is 0 Å². The number of hydrogen-bond acceptors (Lipinski definition) is 3. The van der Waals surface area contributed by atoms with E-state index in [1.165, 1.54) is 6.26 Å². The maximum atomic E-state index is 11.4. The Bertz CT molecular complexity index is 272. The molecule has 0 aromatic carbocycles. The Hall–Kier alpha value is -1.52. The lowest BCUT2D eigenvalue weighted by Crippen LogP contribution is -2.32. The summed E-state index contributed by atoms with van der Waals surface area (Å²) in [6, 6.07) is 1.44. The van der Waals surface area contributed by atoms with Crippen LogP contribution < -0.4 is 5.32 Å². The van der Waals surface area contributed by atoms with Gasteiger partial charge in [0.25, 0.3) is 0 Å². The molecule has 0 aliphatic heterocycles. The Labute approximate surface area is 83.1 Å². The zero-order valence-electron chi connectivity index (χ0n) is 8.49. The molecule has 0 aliphatic carbocycles. The molecule has 0 bridgehead atoms. The highest BCUT2D eigenvalue weighted by molar-refractivity contribution is 5.87. The van der Waals surface area contributed by atoms with Gasteiger partial charge in [-0.05, 0) is 6.42 Å². The van der Waals surface area contributed by atoms with Gasteiger partial charge in [-0.1, -0.05) is 18.5 Å². The first-order valence-electron chi connectivity index (χ1n) is 4.66. The van der Waals surface area contributed by atoms with Crippen molar-refractivity contribution in [2.45, 2.75) is 19.8 Å². The first-order chi connectivity index (χ1) is 6.74. The van der Waals surface area contributed by atoms with Crippen LogP contribution in [0, 0.1) is 0 Å². The second kappa shape index (κ2) is 5.26. The molecule has 5 heteroatoms. The number of nitrogens with zero attached hydrogens (tertiary/aromatic N) is 2. The summed E-state index contributed by atoms with van der Waals surface area (Å²) >= 11 is 0. The maximum Gasteiger partial charge on any atom is 0.322 e. The summed E-state index contributed by atoms with van der Waals surface area (Å²) in [7, 11) is 1.76. The predicted octanol–water partition coefficient (Wildman–Crippen LogP) is 1.94. The number of urea groups is 1. The number of nitrogens with one attached hydrogen (secondary N) is 1. The van der Waals surface area contributed by atoms with Crippen molar-refractivity contribution in [3.8, 4) is 0 Å². The predicted molar refractivity (Wildman–Crippen MR) is 53.1 cm³/mol. The molecule has 1 aromatic rings. The van der Waals surface area contributed by atoms with Gasteiger partial charge in [0, 0.05) is 19.7 Å². The minimum absolute atomic E-state index is 0.160. The molecule has 0 unspecified atom stereocenters. The molecule has 1 aromatic heterocycles. The number of carbonyl (C=O) groups is 1. The second-order valence-electron chi connectivity index (χ2n) is 3.09. The number of carbonyl (C=O) groups excluding carboxylic acids is 1. The molecule has 1 heterocycles. The highest BCUT2D eigenvalue weighted by Gasteiger charge is 2.08. The minimum atomic E-state index is -0.160. The van der Waals surface area contributed by atoms with Gasteiger partial charge in [-0.25, -0.2) is 4.79 Å². The van der Waals surface area contributed by atoms with E-state index in [0.29, 0.717) is 5.82 Å². The van der Waals surface area contributed by atoms with E-state index in [-0.39, 0.29) is 6.03 Å². The van der Waals surface area contributed by atoms with Gasteiger partial charge in [-0.15, -0.1) is 0 Å². The van der Waals surface area contributed by atoms with E-state index in [1.54, 1.807) is 18.0 Å². The van der Waals surface area contributed by atoms with Gasteiger partial charge in [0.2, 0.25) is 0 Å². The molecule has 1 rings (SSSR count). The quantitative estimate of drug-likeness (QED) is 0.802. The average molecular weight is 197 g/mol. The van der Waals surface area contributed by atoms with Gasteiger partial charge in [0.15, 0.2) is 5.82 Å². The summed E-state index contributed by atoms with van der Waals surface area (Å²) in [4.78, 5) is 13.1. The maximum absolute atomic E-state index is 11.4. The van der Waals surface area contributed by atoms with Crippen molar-refractivity contribution < 1.29 is 9.32 Å². The third-order valence-electron chi connectivity index (χ3n) is 1.87. The van der Waals surface area contributed by atoms with Crippen LogP contribution in [0.1, 0.15) is 19.8 Å². The Morgan fingerprint density at radius 1 is 1.71 bits per heavy atom. The summed E-state index contributed by atoms with van der Waals surface area (Å²) in [5.74, 6) is 0.443. The minimum Gasteiger partial charge on any atom is -0.363 e. The average Bonchev–Trinajstić information content (AvgIpc) is 2.66. The largest absolute Gasteiger partial charge is 0.363 e. The molecule has 1 N–H and O–H groups in total. The van der Waals surface area contributed by atoms with E-state index in [1.807, 2.05) is 0 Å². The molecule has 0 aliphatic rings. The number of unbranched alkanes of at least 4 members (excludes halogenated alkanes) is 1. The summed E-state index contributed by atoms with van der Waals surface area (Å²) < 4.78 is 4.59. The van der Waals surface area contributed by atoms with Gasteiger partial charge in [-0.3, -0.25) is 5.32 Å². The van der Waals surface area contributed by atoms with E-state index in [0.717, 1.165) is 19.4 Å². The highest BCUT2D eigenvalue weighted by atomic mass is 16.5. The first kappa shape index (κ1) is 10.6. The molecule has 0 atom stereocenters. The Morgan fingerprint density at radius 2 is 2.50 bits per heavy atom. The van der Waals surface area contributed by atoms with Crippen LogP contribution >= 0.6 is 0 Å². The highest BCUT2D eigenvalue weighted by Crippen LogP contribution is 2.02. The van der Waals surface area contributed by atoms with Gasteiger partial charge in [0.1, 0.15) is 6.26 Å². The van der Waals surface area contributed by atoms with Crippen molar-refractivity contribution in [1.82, 2.24) is 10.1 Å². The molecule has 0 saturated carbocycles. The van der Waals surface area contributed by atoms with Gasteiger partial charge >= 0.3 is 6.03 Å². The molecule has 14 heavy (non-hydrogen) atoms. The molecule has 0 saturated heterocycles. The van der Waals surface area contributed by atoms with Crippen LogP contribution in [0.3, 0.4) is 0 Å². The number of rotatable bonds is 4. The smallest absolute Gasteiger partial charge is 0.322 e. The van der Waals surface area contributed by atoms with E-state index in [4.69, 9.17) is 0 Å². The topological polar surface area (TPSA) is 58.4 Å². The molecule has 5 nitrogen and oxygen atoms in total. The zero-order valence-corrected chi connectivity index (χ0v) is 8.49. The lowest BCUT2D eigenvalue weighted by molar-refractivity contribution is 0.221. The first-order valence-corrected chi connectivity index (χ1v) is 4.66. The van der Waals surface area contributed by atoms with E-state index >= 15 is 0 Å². The van der Waals surface area contributed by atoms with Gasteiger partial charge < -0.3 is 9.42 Å². The number of amides is 2. The van der Waals surface area contributed by atoms with E-state index in [2.05, 4.69) is 21.9 Å². The van der Waals surface area contributed by atoms with Crippen molar-refractivity contribution in [2.24, 2.45) is 0 Å². The molecular weight excluding hydrogens is 182 g/mol. The van der Waals surface area contributed by atoms with Crippen LogP contribution in [0.2, 0.25) is 0 Å². The monoisotopic (exact) mass is 197 g/mol. The normalized spacial score (nSPS) is 9.86. The fourth-order valence-electron chi connectivity index (χ4n) is 0.979. The van der Waals surface area contributed by atoms with Crippen molar-refractivity contribution in [3.05, 3.63) is 12.3 Å². The number of aromatic nitrogens is 1. The third-order valence-corrected chi connectivity index (χ3v) is 1.87. The van der Waals surface area contributed by atoms with Crippen LogP contribution in [0.15, 0.2) is 16.9 Å². The third kappa shape index (κ3) is 3.08. The number of hydrogen-bond donors (Lipinski definition) is 1. The molecule has 2 amide bonds. The second-order valence-corrected chi connectivity index (χ2v) is 3.09. The molecular formula is C9H15N3O2. The lowest BCUT2D eigenvalue weighted by atomic mass is 10.3. The summed E-state index contributed by atoms with van der Waals surface area (Å²) in [6.45, 7) is 2.84. The fourth-order valence-corrected chi connectivity index (χ4v) is 0.979. The number of anilines is 1. The van der Waals surface area contributed by atoms with Crippen LogP contribution in [0.25, 0.3) is 0 Å². The van der Waals surface area contributed by atoms with Crippen molar-refractivity contribution in [1.29, 1.82) is 0 Å². The Kier molecular flexibility index (Phi) is 3.97. The standard InChI is InChI=1S/C9H15N3O2/c1-3-4-6-12(2)9(13)10-8-5-7-14-11-8/h5,7H,3-4,6H2,1-2H3,(H,10,11,13). The Morgan fingerprint density at radius 3 is 3.07 bits per heavy atom. The van der Waals surface area contributed by atoms with Crippen molar-refractivity contribution in [2.75, 3.05) is 18.9 Å². The van der Waals surface area contributed by atoms with Gasteiger partial charge in [-0.2, -0.15) is 0 Å². The SMILES string of the molecule is CCCCN(C)C(=O)Nc1ccon1. The van der Waals surface area contributed by atoms with Crippen LogP contribution in [-0.2, 0) is 0 Å². The lowest BCUT2D eigenvalue weighted by Gasteiger charge is -2.15.